The zero-order valence-electron chi connectivity index (χ0n) is 20.0. The van der Waals surface area contributed by atoms with E-state index in [-0.39, 0.29) is 17.6 Å². The second-order valence-corrected chi connectivity index (χ2v) is 9.18. The van der Waals surface area contributed by atoms with E-state index in [9.17, 15) is 18.0 Å². The Morgan fingerprint density at radius 3 is 2.56 bits per heavy atom. The molecule has 0 spiro atoms. The highest BCUT2D eigenvalue weighted by Gasteiger charge is 2.32. The van der Waals surface area contributed by atoms with Crippen molar-refractivity contribution in [2.24, 2.45) is 0 Å². The van der Waals surface area contributed by atoms with Crippen LogP contribution in [0.5, 0.6) is 0 Å². The first kappa shape index (κ1) is 24.7. The minimum atomic E-state index is -2.91. The lowest BCUT2D eigenvalue weighted by Gasteiger charge is -2.30. The van der Waals surface area contributed by atoms with E-state index >= 15 is 0 Å². The summed E-state index contributed by atoms with van der Waals surface area (Å²) in [5.74, 6) is 0.0558. The Hall–Kier alpha value is -2.96. The molecule has 12 heteroatoms. The third-order valence-corrected chi connectivity index (χ3v) is 6.68. The second kappa shape index (κ2) is 10.6. The van der Waals surface area contributed by atoms with E-state index in [1.807, 2.05) is 0 Å². The molecule has 0 bridgehead atoms. The van der Waals surface area contributed by atoms with Gasteiger partial charge in [0.05, 0.1) is 69.4 Å². The molecule has 2 N–H and O–H groups in total. The molecule has 2 fully saturated rings. The van der Waals surface area contributed by atoms with Crippen LogP contribution in [-0.4, -0.2) is 71.4 Å². The largest absolute Gasteiger partial charge is 0.378 e. The smallest absolute Gasteiger partial charge is 0.320 e. The average molecular weight is 507 g/mol. The van der Waals surface area contributed by atoms with Crippen LogP contribution < -0.4 is 10.6 Å². The van der Waals surface area contributed by atoms with E-state index in [1.165, 1.54) is 12.1 Å². The molecular formula is C24H29F3N6O3. The lowest BCUT2D eigenvalue weighted by atomic mass is 10.0. The number of morpholine rings is 1. The fourth-order valence-electron chi connectivity index (χ4n) is 4.54. The molecule has 2 aromatic rings. The van der Waals surface area contributed by atoms with Gasteiger partial charge in [-0.15, -0.1) is 0 Å². The van der Waals surface area contributed by atoms with Gasteiger partial charge in [-0.05, 0) is 6.92 Å². The number of urea groups is 1. The average Bonchev–Trinajstić information content (AvgIpc) is 3.27. The number of nitrogens with zero attached hydrogens (tertiary/aromatic N) is 4. The molecule has 1 atom stereocenters. The van der Waals surface area contributed by atoms with E-state index in [1.54, 1.807) is 16.7 Å². The van der Waals surface area contributed by atoms with Crippen molar-refractivity contribution in [2.45, 2.75) is 45.1 Å². The van der Waals surface area contributed by atoms with Crippen LogP contribution in [0.2, 0.25) is 0 Å². The van der Waals surface area contributed by atoms with Gasteiger partial charge in [-0.1, -0.05) is 18.2 Å². The van der Waals surface area contributed by atoms with Gasteiger partial charge >= 0.3 is 6.03 Å². The molecule has 1 aromatic heterocycles. The predicted octanol–water partition coefficient (Wildman–Crippen LogP) is 2.98. The summed E-state index contributed by atoms with van der Waals surface area (Å²) in [6.07, 6.45) is -2.91. The molecule has 36 heavy (non-hydrogen) atoms. The van der Waals surface area contributed by atoms with Crippen molar-refractivity contribution in [3.63, 3.8) is 0 Å². The molecule has 3 aliphatic rings. The summed E-state index contributed by atoms with van der Waals surface area (Å²) >= 11 is 0. The Kier molecular flexibility index (Phi) is 7.26. The molecule has 0 radical (unpaired) electrons. The van der Waals surface area contributed by atoms with Gasteiger partial charge in [-0.25, -0.2) is 27.9 Å². The Balaban J connectivity index is 1.39. The fourth-order valence-corrected chi connectivity index (χ4v) is 4.54. The first-order valence-electron chi connectivity index (χ1n) is 12.0. The van der Waals surface area contributed by atoms with E-state index < -0.39 is 23.8 Å². The van der Waals surface area contributed by atoms with Crippen molar-refractivity contribution < 1.29 is 27.4 Å². The van der Waals surface area contributed by atoms with Gasteiger partial charge in [0.25, 0.3) is 6.43 Å². The quantitative estimate of drug-likeness (QED) is 0.597. The van der Waals surface area contributed by atoms with Crippen LogP contribution in [0.25, 0.3) is 0 Å². The highest BCUT2D eigenvalue weighted by Crippen LogP contribution is 2.32. The number of aromatic nitrogens is 2. The number of halogens is 3. The highest BCUT2D eigenvalue weighted by atomic mass is 19.3. The SMILES string of the molecule is C[C@@H](Nc1nc(CNC2COC2)nc2c1CN(C(=O)N1CCOCC1)C2)c1cccc(C(F)F)c1F. The summed E-state index contributed by atoms with van der Waals surface area (Å²) in [6.45, 7) is 6.00. The first-order valence-corrected chi connectivity index (χ1v) is 12.0. The van der Waals surface area contributed by atoms with E-state index in [0.29, 0.717) is 76.5 Å². The molecular weight excluding hydrogens is 477 g/mol. The number of hydrogen-bond donors (Lipinski definition) is 2. The van der Waals surface area contributed by atoms with Gasteiger partial charge in [0.1, 0.15) is 17.5 Å². The van der Waals surface area contributed by atoms with Crippen molar-refractivity contribution in [2.75, 3.05) is 44.8 Å². The van der Waals surface area contributed by atoms with Crippen LogP contribution in [0.1, 0.15) is 47.6 Å². The Bertz CT molecular complexity index is 1110. The van der Waals surface area contributed by atoms with E-state index in [2.05, 4.69) is 15.6 Å². The monoisotopic (exact) mass is 506 g/mol. The Labute approximate surface area is 207 Å². The summed E-state index contributed by atoms with van der Waals surface area (Å²) in [7, 11) is 0. The van der Waals surface area contributed by atoms with Crippen molar-refractivity contribution in [1.29, 1.82) is 0 Å². The van der Waals surface area contributed by atoms with Gasteiger partial charge in [-0.3, -0.25) is 0 Å². The predicted molar refractivity (Wildman–Crippen MR) is 124 cm³/mol. The minimum Gasteiger partial charge on any atom is -0.378 e. The maximum atomic E-state index is 14.8. The number of carbonyl (C=O) groups is 1. The zero-order valence-corrected chi connectivity index (χ0v) is 20.0. The summed E-state index contributed by atoms with van der Waals surface area (Å²) < 4.78 is 51.8. The number of ether oxygens (including phenoxy) is 2. The molecule has 3 aliphatic heterocycles. The Morgan fingerprint density at radius 2 is 1.86 bits per heavy atom. The third kappa shape index (κ3) is 5.11. The maximum Gasteiger partial charge on any atom is 0.320 e. The lowest BCUT2D eigenvalue weighted by Crippen LogP contribution is -2.46. The second-order valence-electron chi connectivity index (χ2n) is 9.18. The van der Waals surface area contributed by atoms with Gasteiger partial charge < -0.3 is 29.9 Å². The highest BCUT2D eigenvalue weighted by molar-refractivity contribution is 5.76. The minimum absolute atomic E-state index is 0.0998. The topological polar surface area (TPSA) is 91.9 Å². The van der Waals surface area contributed by atoms with E-state index in [0.717, 1.165) is 11.6 Å². The standard InChI is InChI=1S/C24H29F3N6O3/c1-14(16-3-2-4-17(21(16)25)22(26)27)29-23-18-10-33(24(34)32-5-7-35-8-6-32)11-19(18)30-20(31-23)9-28-15-12-36-13-15/h2-4,14-15,22,28H,5-13H2,1H3,(H,29,30,31)/t14-/m1/s1. The lowest BCUT2D eigenvalue weighted by molar-refractivity contribution is -0.00605. The van der Waals surface area contributed by atoms with E-state index in [4.69, 9.17) is 14.5 Å². The first-order chi connectivity index (χ1) is 17.4. The third-order valence-electron chi connectivity index (χ3n) is 6.68. The van der Waals surface area contributed by atoms with Gasteiger partial charge in [0.15, 0.2) is 0 Å². The number of nitrogens with one attached hydrogen (secondary N) is 2. The van der Waals surface area contributed by atoms with Gasteiger partial charge in [0, 0.05) is 24.2 Å². The van der Waals surface area contributed by atoms with Crippen molar-refractivity contribution in [1.82, 2.24) is 25.1 Å². The normalized spacial score (nSPS) is 18.8. The molecule has 0 unspecified atom stereocenters. The van der Waals surface area contributed by atoms with Crippen LogP contribution in [0, 0.1) is 5.82 Å². The number of benzene rings is 1. The summed E-state index contributed by atoms with van der Waals surface area (Å²) in [5.41, 5.74) is 0.934. The molecule has 0 saturated carbocycles. The Morgan fingerprint density at radius 1 is 1.11 bits per heavy atom. The number of carbonyl (C=O) groups excluding carboxylic acids is 1. The number of anilines is 1. The van der Waals surface area contributed by atoms with Crippen LogP contribution in [0.15, 0.2) is 18.2 Å². The molecule has 1 aromatic carbocycles. The van der Waals surface area contributed by atoms with Gasteiger partial charge in [-0.2, -0.15) is 0 Å². The summed E-state index contributed by atoms with van der Waals surface area (Å²) in [5, 5.41) is 6.53. The molecule has 0 aliphatic carbocycles. The van der Waals surface area contributed by atoms with Crippen LogP contribution in [0.3, 0.4) is 0 Å². The molecule has 5 rings (SSSR count). The number of hydrogen-bond acceptors (Lipinski definition) is 7. The molecule has 2 amide bonds. The number of alkyl halides is 2. The molecule has 2 saturated heterocycles. The van der Waals surface area contributed by atoms with Crippen molar-refractivity contribution in [3.05, 3.63) is 52.2 Å². The van der Waals surface area contributed by atoms with Crippen molar-refractivity contribution >= 4 is 11.8 Å². The maximum absolute atomic E-state index is 14.8. The summed E-state index contributed by atoms with van der Waals surface area (Å²) in [6, 6.07) is 3.46. The molecule has 4 heterocycles. The number of rotatable bonds is 7. The van der Waals surface area contributed by atoms with Crippen LogP contribution in [-0.2, 0) is 29.1 Å². The fraction of sp³-hybridized carbons (Fsp3) is 0.542. The zero-order chi connectivity index (χ0) is 25.2. The molecule has 194 valence electrons. The number of fused-ring (bicyclic) bond motifs is 1. The molecule has 9 nitrogen and oxygen atoms in total. The van der Waals surface area contributed by atoms with Crippen molar-refractivity contribution in [3.8, 4) is 0 Å². The van der Waals surface area contributed by atoms with Crippen LogP contribution >= 0.6 is 0 Å². The number of amides is 2. The van der Waals surface area contributed by atoms with Gasteiger partial charge in [0.2, 0.25) is 0 Å². The summed E-state index contributed by atoms with van der Waals surface area (Å²) in [4.78, 5) is 25.9. The van der Waals surface area contributed by atoms with Crippen LogP contribution in [0.4, 0.5) is 23.8 Å².